The molecule has 0 radical (unpaired) electrons. The Morgan fingerprint density at radius 1 is 1.35 bits per heavy atom. The second-order valence-corrected chi connectivity index (χ2v) is 5.43. The largest absolute Gasteiger partial charge is 0.384 e. The molecule has 96 valence electrons. The van der Waals surface area contributed by atoms with E-state index in [0.29, 0.717) is 0 Å². The molecule has 0 aromatic carbocycles. The molecule has 0 bridgehead atoms. The maximum atomic E-state index is 6.20. The number of aromatic nitrogens is 2. The van der Waals surface area contributed by atoms with Crippen molar-refractivity contribution in [3.8, 4) is 0 Å². The molecule has 1 unspecified atom stereocenters. The summed E-state index contributed by atoms with van der Waals surface area (Å²) in [6.45, 7) is 5.59. The molecule has 0 aliphatic carbocycles. The van der Waals surface area contributed by atoms with Crippen LogP contribution in [0.15, 0.2) is 0 Å². The zero-order valence-corrected chi connectivity index (χ0v) is 11.2. The number of nitrogens with zero attached hydrogens (tertiary/aromatic N) is 2. The van der Waals surface area contributed by atoms with Crippen molar-refractivity contribution in [1.29, 1.82) is 0 Å². The molecule has 1 aliphatic heterocycles. The van der Waals surface area contributed by atoms with Crippen molar-refractivity contribution < 1.29 is 0 Å². The SMILES string of the molecule is CCCCCCc1nc2n(c1N)CC(C)CC2. The average molecular weight is 235 g/mol. The van der Waals surface area contributed by atoms with Gasteiger partial charge in [-0.05, 0) is 25.2 Å². The van der Waals surface area contributed by atoms with E-state index < -0.39 is 0 Å². The van der Waals surface area contributed by atoms with Gasteiger partial charge in [0.05, 0.1) is 5.69 Å². The standard InChI is InChI=1S/C14H25N3/c1-3-4-5-6-7-12-14(15)17-10-11(2)8-9-13(17)16-12/h11H,3-10,15H2,1-2H3. The molecule has 0 spiro atoms. The van der Waals surface area contributed by atoms with E-state index in [1.165, 1.54) is 37.9 Å². The maximum absolute atomic E-state index is 6.20. The topological polar surface area (TPSA) is 43.8 Å². The van der Waals surface area contributed by atoms with Gasteiger partial charge in [-0.3, -0.25) is 0 Å². The zero-order chi connectivity index (χ0) is 12.3. The number of rotatable bonds is 5. The molecule has 17 heavy (non-hydrogen) atoms. The highest BCUT2D eigenvalue weighted by Crippen LogP contribution is 2.25. The number of hydrogen-bond donors (Lipinski definition) is 1. The molecule has 2 N–H and O–H groups in total. The zero-order valence-electron chi connectivity index (χ0n) is 11.2. The third-order valence-corrected chi connectivity index (χ3v) is 3.78. The number of unbranched alkanes of at least 4 members (excludes halogenated alkanes) is 3. The normalized spacial score (nSPS) is 19.3. The lowest BCUT2D eigenvalue weighted by Crippen LogP contribution is -2.19. The van der Waals surface area contributed by atoms with E-state index in [4.69, 9.17) is 10.7 Å². The lowest BCUT2D eigenvalue weighted by Gasteiger charge is -2.20. The van der Waals surface area contributed by atoms with Crippen LogP contribution in [0.1, 0.15) is 57.5 Å². The van der Waals surface area contributed by atoms with Crippen molar-refractivity contribution >= 4 is 5.82 Å². The lowest BCUT2D eigenvalue weighted by atomic mass is 10.0. The first-order valence-corrected chi connectivity index (χ1v) is 7.06. The number of nitrogens with two attached hydrogens (primary N) is 1. The summed E-state index contributed by atoms with van der Waals surface area (Å²) >= 11 is 0. The van der Waals surface area contributed by atoms with Crippen molar-refractivity contribution in [3.63, 3.8) is 0 Å². The maximum Gasteiger partial charge on any atom is 0.126 e. The molecule has 3 nitrogen and oxygen atoms in total. The molecule has 0 fully saturated rings. The van der Waals surface area contributed by atoms with E-state index in [2.05, 4.69) is 18.4 Å². The fourth-order valence-corrected chi connectivity index (χ4v) is 2.64. The van der Waals surface area contributed by atoms with Crippen LogP contribution in [0.3, 0.4) is 0 Å². The van der Waals surface area contributed by atoms with Crippen LogP contribution >= 0.6 is 0 Å². The van der Waals surface area contributed by atoms with Gasteiger partial charge in [-0.15, -0.1) is 0 Å². The molecule has 1 atom stereocenters. The second-order valence-electron chi connectivity index (χ2n) is 5.43. The predicted molar refractivity (Wildman–Crippen MR) is 72.0 cm³/mol. The smallest absolute Gasteiger partial charge is 0.126 e. The van der Waals surface area contributed by atoms with Crippen LogP contribution in [-0.4, -0.2) is 9.55 Å². The van der Waals surface area contributed by atoms with Gasteiger partial charge in [0.25, 0.3) is 0 Å². The highest BCUT2D eigenvalue weighted by molar-refractivity contribution is 5.39. The van der Waals surface area contributed by atoms with E-state index in [1.54, 1.807) is 0 Å². The number of fused-ring (bicyclic) bond motifs is 1. The Balaban J connectivity index is 1.99. The molecule has 1 aromatic rings. The van der Waals surface area contributed by atoms with E-state index in [1.807, 2.05) is 0 Å². The van der Waals surface area contributed by atoms with Gasteiger partial charge in [0.15, 0.2) is 0 Å². The summed E-state index contributed by atoms with van der Waals surface area (Å²) in [5.74, 6) is 2.89. The summed E-state index contributed by atoms with van der Waals surface area (Å²) in [6, 6.07) is 0. The second kappa shape index (κ2) is 5.56. The Hall–Kier alpha value is -0.990. The van der Waals surface area contributed by atoms with Gasteiger partial charge in [0.2, 0.25) is 0 Å². The Labute approximate surface area is 104 Å². The van der Waals surface area contributed by atoms with Gasteiger partial charge in [-0.2, -0.15) is 0 Å². The average Bonchev–Trinajstić information content (AvgIpc) is 2.62. The first-order chi connectivity index (χ1) is 8.22. The van der Waals surface area contributed by atoms with Crippen LogP contribution in [0.25, 0.3) is 0 Å². The quantitative estimate of drug-likeness (QED) is 0.797. The van der Waals surface area contributed by atoms with Crippen LogP contribution in [0, 0.1) is 5.92 Å². The van der Waals surface area contributed by atoms with Gasteiger partial charge < -0.3 is 10.3 Å². The van der Waals surface area contributed by atoms with Crippen LogP contribution < -0.4 is 5.73 Å². The molecule has 0 saturated heterocycles. The lowest BCUT2D eigenvalue weighted by molar-refractivity contribution is 0.397. The molecule has 0 amide bonds. The molecule has 1 aromatic heterocycles. The van der Waals surface area contributed by atoms with Crippen LogP contribution in [0.5, 0.6) is 0 Å². The van der Waals surface area contributed by atoms with E-state index in [0.717, 1.165) is 36.8 Å². The molecule has 3 heteroatoms. The van der Waals surface area contributed by atoms with Gasteiger partial charge in [0.1, 0.15) is 11.6 Å². The Kier molecular flexibility index (Phi) is 4.08. The third kappa shape index (κ3) is 2.82. The number of hydrogen-bond acceptors (Lipinski definition) is 2. The molecule has 0 saturated carbocycles. The summed E-state index contributed by atoms with van der Waals surface area (Å²) in [6.07, 6.45) is 8.54. The van der Waals surface area contributed by atoms with Crippen molar-refractivity contribution in [1.82, 2.24) is 9.55 Å². The molecule has 2 rings (SSSR count). The first-order valence-electron chi connectivity index (χ1n) is 7.06. The number of nitrogen functional groups attached to an aromatic ring is 1. The first kappa shape index (κ1) is 12.5. The monoisotopic (exact) mass is 235 g/mol. The fraction of sp³-hybridized carbons (Fsp3) is 0.786. The summed E-state index contributed by atoms with van der Waals surface area (Å²) in [5.41, 5.74) is 7.35. The summed E-state index contributed by atoms with van der Waals surface area (Å²) < 4.78 is 2.24. The summed E-state index contributed by atoms with van der Waals surface area (Å²) in [5, 5.41) is 0. The van der Waals surface area contributed by atoms with Gasteiger partial charge >= 0.3 is 0 Å². The van der Waals surface area contributed by atoms with Gasteiger partial charge in [-0.25, -0.2) is 4.98 Å². The fourth-order valence-electron chi connectivity index (χ4n) is 2.64. The van der Waals surface area contributed by atoms with Gasteiger partial charge in [0, 0.05) is 13.0 Å². The van der Waals surface area contributed by atoms with Crippen molar-refractivity contribution in [3.05, 3.63) is 11.5 Å². The van der Waals surface area contributed by atoms with Crippen LogP contribution in [0.2, 0.25) is 0 Å². The van der Waals surface area contributed by atoms with Crippen molar-refractivity contribution in [2.24, 2.45) is 5.92 Å². The highest BCUT2D eigenvalue weighted by atomic mass is 15.1. The van der Waals surface area contributed by atoms with Crippen LogP contribution in [-0.2, 0) is 19.4 Å². The molecule has 1 aliphatic rings. The number of anilines is 1. The highest BCUT2D eigenvalue weighted by Gasteiger charge is 2.20. The van der Waals surface area contributed by atoms with E-state index in [9.17, 15) is 0 Å². The molecular formula is C14H25N3. The predicted octanol–water partition coefficient (Wildman–Crippen LogP) is 3.17. The molecule has 2 heterocycles. The van der Waals surface area contributed by atoms with E-state index >= 15 is 0 Å². The van der Waals surface area contributed by atoms with Crippen LogP contribution in [0.4, 0.5) is 5.82 Å². The molecular weight excluding hydrogens is 210 g/mol. The minimum absolute atomic E-state index is 0.743. The number of aryl methyl sites for hydroxylation is 2. The number of imidazole rings is 1. The Morgan fingerprint density at radius 3 is 2.94 bits per heavy atom. The van der Waals surface area contributed by atoms with Crippen molar-refractivity contribution in [2.75, 3.05) is 5.73 Å². The van der Waals surface area contributed by atoms with Gasteiger partial charge in [-0.1, -0.05) is 33.1 Å². The summed E-state index contributed by atoms with van der Waals surface area (Å²) in [7, 11) is 0. The minimum atomic E-state index is 0.743. The van der Waals surface area contributed by atoms with Crippen molar-refractivity contribution in [2.45, 2.75) is 65.3 Å². The minimum Gasteiger partial charge on any atom is -0.384 e. The summed E-state index contributed by atoms with van der Waals surface area (Å²) in [4.78, 5) is 4.72. The third-order valence-electron chi connectivity index (χ3n) is 3.78. The Bertz CT molecular complexity index is 368. The van der Waals surface area contributed by atoms with E-state index in [-0.39, 0.29) is 0 Å². The Morgan fingerprint density at radius 2 is 2.18 bits per heavy atom.